The summed E-state index contributed by atoms with van der Waals surface area (Å²) < 4.78 is 0. The van der Waals surface area contributed by atoms with E-state index in [0.717, 1.165) is 194 Å². The highest BCUT2D eigenvalue weighted by molar-refractivity contribution is 6.48. The average molecular weight is 1250 g/mol. The van der Waals surface area contributed by atoms with Crippen molar-refractivity contribution in [2.45, 2.75) is 124 Å². The first-order valence-electron chi connectivity index (χ1n) is 34.6. The van der Waals surface area contributed by atoms with Crippen molar-refractivity contribution in [2.24, 2.45) is 0 Å². The minimum Gasteiger partial charge on any atom is -0.271 e. The van der Waals surface area contributed by atoms with Crippen LogP contribution >= 0.6 is 0 Å². The maximum atomic E-state index is 15.1. The van der Waals surface area contributed by atoms with E-state index in [1.165, 1.54) is 9.80 Å². The molecule has 3 aliphatic heterocycles. The molecule has 0 aromatic heterocycles. The Labute approximate surface area is 554 Å². The van der Waals surface area contributed by atoms with Crippen molar-refractivity contribution >= 4 is 165 Å². The first kappa shape index (κ1) is 58.0. The highest BCUT2D eigenvalue weighted by Gasteiger charge is 2.41. The van der Waals surface area contributed by atoms with Gasteiger partial charge in [-0.1, -0.05) is 214 Å². The van der Waals surface area contributed by atoms with Gasteiger partial charge in [0.2, 0.25) is 0 Å². The molecule has 0 bridgehead atoms. The molecule has 15 aromatic carbocycles. The molecular formula is C87H69N3O6. The zero-order valence-electron chi connectivity index (χ0n) is 54.8. The summed E-state index contributed by atoms with van der Waals surface area (Å²) in [6.45, 7) is 12.8. The van der Waals surface area contributed by atoms with Gasteiger partial charge in [0, 0.05) is 55.6 Å². The van der Waals surface area contributed by atoms with Crippen LogP contribution in [-0.2, 0) is 0 Å². The fourth-order valence-electron chi connectivity index (χ4n) is 17.8. The third-order valence-corrected chi connectivity index (χ3v) is 22.2. The van der Waals surface area contributed by atoms with E-state index in [-0.39, 0.29) is 53.3 Å². The van der Waals surface area contributed by atoms with E-state index in [4.69, 9.17) is 0 Å². The van der Waals surface area contributed by atoms with Crippen molar-refractivity contribution in [1.29, 1.82) is 0 Å². The molecule has 0 saturated carbocycles. The molecule has 9 heteroatoms. The number of carbonyl (C=O) groups is 6. The van der Waals surface area contributed by atoms with Crippen molar-refractivity contribution in [1.82, 2.24) is 4.90 Å². The third kappa shape index (κ3) is 7.85. The molecule has 0 saturated heterocycles. The zero-order valence-corrected chi connectivity index (χ0v) is 54.8. The topological polar surface area (TPSA) is 112 Å². The summed E-state index contributed by atoms with van der Waals surface area (Å²) in [5, 5.41) is 21.1. The van der Waals surface area contributed by atoms with Crippen LogP contribution in [-0.4, -0.2) is 46.4 Å². The van der Waals surface area contributed by atoms with Gasteiger partial charge in [-0.3, -0.25) is 33.7 Å². The smallest absolute Gasteiger partial charge is 0.266 e. The Hall–Kier alpha value is -10.6. The molecule has 0 atom stereocenters. The van der Waals surface area contributed by atoms with Gasteiger partial charge in [-0.2, -0.15) is 0 Å². The van der Waals surface area contributed by atoms with E-state index < -0.39 is 0 Å². The average Bonchev–Trinajstić information content (AvgIpc) is 0.689. The molecule has 0 fully saturated rings. The van der Waals surface area contributed by atoms with Gasteiger partial charge in [-0.05, 0) is 198 Å². The van der Waals surface area contributed by atoms with Crippen molar-refractivity contribution in [3.8, 4) is 11.1 Å². The summed E-state index contributed by atoms with van der Waals surface area (Å²) in [5.74, 6) is -1.59. The second-order valence-corrected chi connectivity index (χ2v) is 28.0. The zero-order chi connectivity index (χ0) is 65.4. The van der Waals surface area contributed by atoms with Gasteiger partial charge in [-0.15, -0.1) is 0 Å². The predicted octanol–water partition coefficient (Wildman–Crippen LogP) is 22.1. The Kier molecular flexibility index (Phi) is 12.9. The summed E-state index contributed by atoms with van der Waals surface area (Å²) in [5.41, 5.74) is 8.13. The lowest BCUT2D eigenvalue weighted by Gasteiger charge is -2.35. The number of anilines is 2. The number of hydrogen-bond donors (Lipinski definition) is 0. The Balaban J connectivity index is 0.688. The van der Waals surface area contributed by atoms with Crippen LogP contribution in [0.4, 0.5) is 11.4 Å². The van der Waals surface area contributed by atoms with Gasteiger partial charge in [-0.25, -0.2) is 9.80 Å². The van der Waals surface area contributed by atoms with Gasteiger partial charge < -0.3 is 0 Å². The summed E-state index contributed by atoms with van der Waals surface area (Å²) in [6.07, 6.45) is 10.4. The highest BCUT2D eigenvalue weighted by Crippen LogP contribution is 2.52. The maximum absolute atomic E-state index is 15.1. The second kappa shape index (κ2) is 21.4. The lowest BCUT2D eigenvalue weighted by Crippen LogP contribution is -2.47. The lowest BCUT2D eigenvalue weighted by molar-refractivity contribution is 0.0516. The van der Waals surface area contributed by atoms with E-state index in [2.05, 4.69) is 108 Å². The second-order valence-electron chi connectivity index (χ2n) is 28.0. The van der Waals surface area contributed by atoms with Crippen molar-refractivity contribution in [3.05, 3.63) is 214 Å². The van der Waals surface area contributed by atoms with E-state index in [1.807, 2.05) is 103 Å². The molecule has 0 spiro atoms. The number of para-hydroxylation sites is 1. The fourth-order valence-corrected chi connectivity index (χ4v) is 17.8. The molecular weight excluding hydrogens is 1180 g/mol. The first-order chi connectivity index (χ1) is 46.8. The quantitative estimate of drug-likeness (QED) is 0.0412. The third-order valence-electron chi connectivity index (χ3n) is 22.2. The lowest BCUT2D eigenvalue weighted by atomic mass is 9.80. The summed E-state index contributed by atoms with van der Waals surface area (Å²) >= 11 is 0. The fraction of sp³-hybridized carbons (Fsp3) is 0.218. The van der Waals surface area contributed by atoms with Crippen LogP contribution in [0, 0.1) is 0 Å². The van der Waals surface area contributed by atoms with Crippen LogP contribution < -0.4 is 9.80 Å². The van der Waals surface area contributed by atoms with E-state index in [9.17, 15) is 19.2 Å². The maximum Gasteiger partial charge on any atom is 0.266 e. The Morgan fingerprint density at radius 1 is 0.281 bits per heavy atom. The molecule has 0 N–H and O–H groups in total. The number of carbonyl (C=O) groups excluding carboxylic acids is 6. The van der Waals surface area contributed by atoms with E-state index >= 15 is 9.59 Å². The molecule has 468 valence electrons. The van der Waals surface area contributed by atoms with Gasteiger partial charge in [0.15, 0.2) is 0 Å². The Morgan fingerprint density at radius 2 is 0.594 bits per heavy atom. The van der Waals surface area contributed by atoms with Crippen LogP contribution in [0.2, 0.25) is 0 Å². The highest BCUT2D eigenvalue weighted by atomic mass is 16.2. The van der Waals surface area contributed by atoms with Gasteiger partial charge in [0.1, 0.15) is 0 Å². The van der Waals surface area contributed by atoms with Crippen LogP contribution in [0.3, 0.4) is 0 Å². The number of hydrogen-bond acceptors (Lipinski definition) is 6. The summed E-state index contributed by atoms with van der Waals surface area (Å²) in [7, 11) is 0. The van der Waals surface area contributed by atoms with Crippen LogP contribution in [0.25, 0.3) is 130 Å². The van der Waals surface area contributed by atoms with Crippen molar-refractivity contribution < 1.29 is 28.8 Å². The number of nitrogens with zero attached hydrogens (tertiary/aromatic N) is 3. The van der Waals surface area contributed by atoms with Gasteiger partial charge >= 0.3 is 0 Å². The van der Waals surface area contributed by atoms with Crippen molar-refractivity contribution in [3.63, 3.8) is 0 Å². The summed E-state index contributed by atoms with van der Waals surface area (Å²) in [6, 6.07) is 56.8. The van der Waals surface area contributed by atoms with E-state index in [0.29, 0.717) is 55.5 Å². The first-order valence-corrected chi connectivity index (χ1v) is 34.6. The Morgan fingerprint density at radius 3 is 0.979 bits per heavy atom. The minimum atomic E-state index is -0.386. The number of amides is 6. The van der Waals surface area contributed by atoms with Crippen LogP contribution in [0.5, 0.6) is 0 Å². The van der Waals surface area contributed by atoms with E-state index in [1.54, 1.807) is 4.90 Å². The number of unbranched alkanes of at least 4 members (excludes halogenated alkanes) is 6. The van der Waals surface area contributed by atoms with Gasteiger partial charge in [0.25, 0.3) is 35.4 Å². The molecule has 96 heavy (non-hydrogen) atoms. The number of imide groups is 3. The number of benzene rings is 15. The summed E-state index contributed by atoms with van der Waals surface area (Å²) in [4.78, 5) is 94.1. The molecule has 3 aliphatic rings. The number of rotatable bonds is 16. The molecule has 0 unspecified atom stereocenters. The minimum absolute atomic E-state index is 0.0888. The molecule has 0 aliphatic carbocycles. The molecule has 3 heterocycles. The Bertz CT molecular complexity index is 5700. The molecule has 6 amide bonds. The molecule has 18 rings (SSSR count). The van der Waals surface area contributed by atoms with Crippen LogP contribution in [0.1, 0.15) is 191 Å². The van der Waals surface area contributed by atoms with Gasteiger partial charge in [0.05, 0.1) is 11.4 Å². The standard InChI is InChI=1S/C87H69N3O6/c1-7-9-11-13-17-48(18-14-12-10-8-2)88-82(91)66-39-35-62-58-29-31-60-64-37-41-68-79-69(42-38-65(77(64)79)61-32-30-59(73(58)74(60)61)63-36-40-67(83(88)92)78(66)76(62)63)85(94)89(84(68)93)49-25-23-47(24-26-49)52-27-28-55-57-34-44-71-80-70(43-33-56(75(57)80)54-22-16-21-53(52)72(54)55)86(95)90(87(71)96)81-50(45(3)4)19-15-20-51(81)46(5)6/h15-16,19-46,48H,7-14,17-18H2,1-6H3. The van der Waals surface area contributed by atoms with Crippen LogP contribution in [0.15, 0.2) is 170 Å². The molecule has 9 nitrogen and oxygen atoms in total. The molecule has 0 radical (unpaired) electrons. The number of fused-ring (bicyclic) bond motifs is 6. The predicted molar refractivity (Wildman–Crippen MR) is 393 cm³/mol. The SMILES string of the molecule is CCCCCCC(CCCCCC)N1C(=O)c2ccc3c4ccc5c6ccc7c8c(ccc(c9ccc(c%10ccc(c2c3%10)C1=O)c4c59)c86)C(=O)N(c1ccc(-c2ccc3c4ccc5c6c(ccc(c8cccc2c83)c64)C(=O)N(c2c(C(C)C)cccc2C(C)C)C5=O)cc1)C7=O. The normalized spacial score (nSPS) is 14.5. The largest absolute Gasteiger partial charge is 0.271 e. The van der Waals surface area contributed by atoms with Crippen molar-refractivity contribution in [2.75, 3.05) is 9.80 Å². The molecule has 15 aromatic rings. The monoisotopic (exact) mass is 1250 g/mol.